The Labute approximate surface area is 138 Å². The largest absolute Gasteiger partial charge is 0.373 e. The third-order valence-electron chi connectivity index (χ3n) is 4.01. The second-order valence-electron chi connectivity index (χ2n) is 5.59. The molecule has 3 rings (SSSR count). The number of hydrogen-bond donors (Lipinski definition) is 0. The molecule has 0 unspecified atom stereocenters. The molecule has 23 heavy (non-hydrogen) atoms. The highest BCUT2D eigenvalue weighted by molar-refractivity contribution is 7.78. The zero-order valence-electron chi connectivity index (χ0n) is 12.3. The van der Waals surface area contributed by atoms with Crippen LogP contribution in [0.1, 0.15) is 18.4 Å². The van der Waals surface area contributed by atoms with Gasteiger partial charge in [-0.1, -0.05) is 24.3 Å². The van der Waals surface area contributed by atoms with E-state index in [0.717, 1.165) is 18.4 Å². The molecule has 118 valence electrons. The average molecular weight is 331 g/mol. The highest BCUT2D eigenvalue weighted by atomic mass is 32.1. The zero-order chi connectivity index (χ0) is 16.2. The van der Waals surface area contributed by atoms with E-state index in [4.69, 9.17) is 4.74 Å². The quantitative estimate of drug-likeness (QED) is 0.581. The number of halogens is 2. The first-order chi connectivity index (χ1) is 11.2. The highest BCUT2D eigenvalue weighted by Crippen LogP contribution is 2.28. The molecule has 1 aliphatic rings. The Morgan fingerprint density at radius 1 is 1.09 bits per heavy atom. The molecule has 2 aromatic rings. The van der Waals surface area contributed by atoms with Crippen molar-refractivity contribution in [3.63, 3.8) is 0 Å². The minimum atomic E-state index is -0.320. The third kappa shape index (κ3) is 3.88. The summed E-state index contributed by atoms with van der Waals surface area (Å²) >= 11 is 4.56. The van der Waals surface area contributed by atoms with E-state index in [2.05, 4.69) is 22.4 Å². The number of benzene rings is 2. The first-order valence-electron chi connectivity index (χ1n) is 7.38. The molecule has 0 bridgehead atoms. The standard InChI is InChI=1S/C18H15F2NOS/c19-15-5-3-12(4-6-15)13-1-2-14(18(20)7-13)10-22-17-8-16(9-17)21-11-23/h1-7,16-17H,8-10H2/t16-,17+. The Morgan fingerprint density at radius 2 is 1.78 bits per heavy atom. The van der Waals surface area contributed by atoms with Gasteiger partial charge in [0.1, 0.15) is 11.6 Å². The molecule has 2 nitrogen and oxygen atoms in total. The van der Waals surface area contributed by atoms with E-state index in [1.807, 2.05) is 6.07 Å². The molecule has 0 atom stereocenters. The molecule has 2 aromatic carbocycles. The second kappa shape index (κ2) is 7.09. The molecule has 0 radical (unpaired) electrons. The molecule has 0 heterocycles. The summed E-state index contributed by atoms with van der Waals surface area (Å²) in [6.07, 6.45) is 1.71. The van der Waals surface area contributed by atoms with Crippen molar-refractivity contribution in [2.45, 2.75) is 31.6 Å². The number of hydrogen-bond acceptors (Lipinski definition) is 3. The lowest BCUT2D eigenvalue weighted by Crippen LogP contribution is -2.34. The van der Waals surface area contributed by atoms with Crippen LogP contribution in [0, 0.1) is 11.6 Å². The van der Waals surface area contributed by atoms with Gasteiger partial charge in [0.2, 0.25) is 0 Å². The van der Waals surface area contributed by atoms with Crippen molar-refractivity contribution in [3.05, 3.63) is 59.7 Å². The SMILES string of the molecule is Fc1ccc(-c2ccc(CO[C@H]3C[C@@H](N=C=S)C3)c(F)c2)cc1. The maximum absolute atomic E-state index is 14.2. The number of aliphatic imine (C=N–C) groups is 1. The van der Waals surface area contributed by atoms with Crippen LogP contribution < -0.4 is 0 Å². The number of ether oxygens (including phenoxy) is 1. The Kier molecular flexibility index (Phi) is 4.91. The molecule has 5 heteroatoms. The zero-order valence-corrected chi connectivity index (χ0v) is 13.2. The van der Waals surface area contributed by atoms with Gasteiger partial charge in [0, 0.05) is 5.56 Å². The molecule has 0 amide bonds. The second-order valence-corrected chi connectivity index (χ2v) is 5.77. The van der Waals surface area contributed by atoms with Gasteiger partial charge in [-0.15, -0.1) is 0 Å². The summed E-state index contributed by atoms with van der Waals surface area (Å²) in [5.41, 5.74) is 2.00. The number of isothiocyanates is 1. The smallest absolute Gasteiger partial charge is 0.129 e. The summed E-state index contributed by atoms with van der Waals surface area (Å²) in [6, 6.07) is 11.2. The molecule has 1 fully saturated rings. The summed E-state index contributed by atoms with van der Waals surface area (Å²) in [7, 11) is 0. The Balaban J connectivity index is 1.61. The normalized spacial score (nSPS) is 19.7. The van der Waals surface area contributed by atoms with Crippen molar-refractivity contribution in [3.8, 4) is 11.1 Å². The molecular weight excluding hydrogens is 316 g/mol. The first-order valence-corrected chi connectivity index (χ1v) is 7.79. The van der Waals surface area contributed by atoms with Crippen LogP contribution in [0.25, 0.3) is 11.1 Å². The maximum Gasteiger partial charge on any atom is 0.129 e. The molecular formula is C18H15F2NOS. The lowest BCUT2D eigenvalue weighted by atomic mass is 9.90. The van der Waals surface area contributed by atoms with Gasteiger partial charge in [-0.3, -0.25) is 0 Å². The number of rotatable bonds is 5. The first kappa shape index (κ1) is 15.9. The third-order valence-corrected chi connectivity index (χ3v) is 4.12. The summed E-state index contributed by atoms with van der Waals surface area (Å²) in [5.74, 6) is -0.629. The highest BCUT2D eigenvalue weighted by Gasteiger charge is 2.29. The van der Waals surface area contributed by atoms with Gasteiger partial charge < -0.3 is 4.74 Å². The average Bonchev–Trinajstić information content (AvgIpc) is 2.51. The van der Waals surface area contributed by atoms with E-state index in [1.54, 1.807) is 18.2 Å². The number of nitrogens with zero attached hydrogens (tertiary/aromatic N) is 1. The van der Waals surface area contributed by atoms with Crippen molar-refractivity contribution >= 4 is 17.4 Å². The fraction of sp³-hybridized carbons (Fsp3) is 0.278. The van der Waals surface area contributed by atoms with Crippen molar-refractivity contribution in [1.82, 2.24) is 0 Å². The molecule has 0 aliphatic heterocycles. The van der Waals surface area contributed by atoms with Gasteiger partial charge in [-0.25, -0.2) is 13.8 Å². The molecule has 0 aromatic heterocycles. The van der Waals surface area contributed by atoms with Crippen molar-refractivity contribution in [2.75, 3.05) is 0 Å². The lowest BCUT2D eigenvalue weighted by Gasteiger charge is -2.31. The van der Waals surface area contributed by atoms with Crippen LogP contribution in [0.2, 0.25) is 0 Å². The van der Waals surface area contributed by atoms with Gasteiger partial charge in [0.25, 0.3) is 0 Å². The van der Waals surface area contributed by atoms with E-state index < -0.39 is 0 Å². The van der Waals surface area contributed by atoms with Crippen molar-refractivity contribution in [2.24, 2.45) is 4.99 Å². The summed E-state index contributed by atoms with van der Waals surface area (Å²) in [4.78, 5) is 3.99. The van der Waals surface area contributed by atoms with Crippen LogP contribution in [0.15, 0.2) is 47.5 Å². The lowest BCUT2D eigenvalue weighted by molar-refractivity contribution is -0.0192. The van der Waals surface area contributed by atoms with E-state index in [9.17, 15) is 8.78 Å². The van der Waals surface area contributed by atoms with Crippen LogP contribution in [0.5, 0.6) is 0 Å². The van der Waals surface area contributed by atoms with Crippen molar-refractivity contribution in [1.29, 1.82) is 0 Å². The fourth-order valence-electron chi connectivity index (χ4n) is 2.55. The van der Waals surface area contributed by atoms with Crippen LogP contribution in [-0.2, 0) is 11.3 Å². The molecule has 0 saturated heterocycles. The summed E-state index contributed by atoms with van der Waals surface area (Å²) < 4.78 is 32.8. The summed E-state index contributed by atoms with van der Waals surface area (Å²) in [5, 5.41) is 2.37. The van der Waals surface area contributed by atoms with Crippen LogP contribution in [0.4, 0.5) is 8.78 Å². The molecule has 1 aliphatic carbocycles. The van der Waals surface area contributed by atoms with E-state index >= 15 is 0 Å². The maximum atomic E-state index is 14.2. The van der Waals surface area contributed by atoms with Gasteiger partial charge in [-0.05, 0) is 54.4 Å². The minimum Gasteiger partial charge on any atom is -0.373 e. The minimum absolute atomic E-state index is 0.100. The Bertz CT molecular complexity index is 735. The monoisotopic (exact) mass is 331 g/mol. The van der Waals surface area contributed by atoms with Gasteiger partial charge in [0.15, 0.2) is 0 Å². The molecule has 0 N–H and O–H groups in total. The Hall–Kier alpha value is -1.94. The fourth-order valence-corrected chi connectivity index (χ4v) is 2.70. The van der Waals surface area contributed by atoms with E-state index in [1.165, 1.54) is 18.2 Å². The predicted molar refractivity (Wildman–Crippen MR) is 88.4 cm³/mol. The van der Waals surface area contributed by atoms with E-state index in [0.29, 0.717) is 11.1 Å². The molecule has 0 spiro atoms. The van der Waals surface area contributed by atoms with Crippen LogP contribution in [-0.4, -0.2) is 17.3 Å². The Morgan fingerprint density at radius 3 is 2.43 bits per heavy atom. The van der Waals surface area contributed by atoms with Crippen molar-refractivity contribution < 1.29 is 13.5 Å². The molecule has 1 saturated carbocycles. The topological polar surface area (TPSA) is 21.6 Å². The van der Waals surface area contributed by atoms with E-state index in [-0.39, 0.29) is 30.4 Å². The number of thiocarbonyl (C=S) groups is 1. The summed E-state index contributed by atoms with van der Waals surface area (Å²) in [6.45, 7) is 0.230. The van der Waals surface area contributed by atoms with Crippen LogP contribution in [0.3, 0.4) is 0 Å². The van der Waals surface area contributed by atoms with Gasteiger partial charge >= 0.3 is 0 Å². The predicted octanol–water partition coefficient (Wildman–Crippen LogP) is 4.78. The van der Waals surface area contributed by atoms with Gasteiger partial charge in [-0.2, -0.15) is 0 Å². The van der Waals surface area contributed by atoms with Crippen LogP contribution >= 0.6 is 12.2 Å². The van der Waals surface area contributed by atoms with Gasteiger partial charge in [0.05, 0.1) is 23.9 Å².